The van der Waals surface area contributed by atoms with Crippen molar-refractivity contribution in [2.75, 3.05) is 10.3 Å². The summed E-state index contributed by atoms with van der Waals surface area (Å²) in [5.41, 5.74) is 1.62. The minimum Gasteiger partial charge on any atom is -0.321 e. The predicted molar refractivity (Wildman–Crippen MR) is 198 cm³/mol. The highest BCUT2D eigenvalue weighted by molar-refractivity contribution is 8.00. The summed E-state index contributed by atoms with van der Waals surface area (Å²) in [4.78, 5) is 53.8. The van der Waals surface area contributed by atoms with Gasteiger partial charge in [-0.1, -0.05) is 90.5 Å². The molecule has 9 nitrogen and oxygen atoms in total. The summed E-state index contributed by atoms with van der Waals surface area (Å²) in [6, 6.07) is 37.2. The third kappa shape index (κ3) is 8.77. The Morgan fingerprint density at radius 3 is 2.20 bits per heavy atom. The quantitative estimate of drug-likeness (QED) is 0.102. The molecule has 12 heteroatoms. The fraction of sp³-hybridized carbons (Fsp3) is 0.0513. The number of amidine groups is 1. The monoisotopic (exact) mass is 717 g/mol. The van der Waals surface area contributed by atoms with Gasteiger partial charge in [0.05, 0.1) is 17.1 Å². The summed E-state index contributed by atoms with van der Waals surface area (Å²) in [5, 5.41) is 13.1. The zero-order valence-corrected chi connectivity index (χ0v) is 28.3. The molecule has 0 saturated carbocycles. The van der Waals surface area contributed by atoms with Gasteiger partial charge in [-0.2, -0.15) is 10.1 Å². The summed E-state index contributed by atoms with van der Waals surface area (Å²) in [7, 11) is 0. The Morgan fingerprint density at radius 1 is 0.824 bits per heavy atom. The van der Waals surface area contributed by atoms with E-state index in [0.717, 1.165) is 0 Å². The Kier molecular flexibility index (Phi) is 11.0. The molecule has 0 radical (unpaired) electrons. The molecule has 1 heterocycles. The lowest BCUT2D eigenvalue weighted by Gasteiger charge is -2.17. The van der Waals surface area contributed by atoms with Crippen molar-refractivity contribution >= 4 is 70.3 Å². The van der Waals surface area contributed by atoms with E-state index in [0.29, 0.717) is 27.4 Å². The molecule has 1 aliphatic heterocycles. The zero-order chi connectivity index (χ0) is 35.7. The number of hydrazone groups is 1. The standard InChI is InChI=1S/C39H29ClFN5O4S/c40-31-20-11-21-32(41)30(31)23-33(43-37(48)26-14-6-2-7-15-26)38(49)42-27-16-10-19-29(22-27)51-36(25-12-4-1-5-13-25)39(50)44-34-24-35(47)46(45-34)28-17-8-3-9-18-28/h1-23,36H,24H2,(H,42,49)(H,43,48)(H,44,45,50)/b33-23+. The van der Waals surface area contributed by atoms with Crippen molar-refractivity contribution < 1.29 is 23.6 Å². The molecule has 0 bridgehead atoms. The number of anilines is 2. The normalized spacial score (nSPS) is 13.3. The highest BCUT2D eigenvalue weighted by atomic mass is 35.5. The van der Waals surface area contributed by atoms with Crippen LogP contribution in [0.5, 0.6) is 0 Å². The summed E-state index contributed by atoms with van der Waals surface area (Å²) >= 11 is 7.47. The highest BCUT2D eigenvalue weighted by Crippen LogP contribution is 2.37. The number of carbonyl (C=O) groups excluding carboxylic acids is 4. The van der Waals surface area contributed by atoms with Crippen molar-refractivity contribution in [3.05, 3.63) is 167 Å². The second-order valence-electron chi connectivity index (χ2n) is 11.2. The molecule has 1 aliphatic rings. The van der Waals surface area contributed by atoms with E-state index in [-0.39, 0.29) is 34.4 Å². The second kappa shape index (κ2) is 16.1. The number of amides is 4. The number of carbonyl (C=O) groups is 4. The molecule has 1 atom stereocenters. The van der Waals surface area contributed by atoms with E-state index in [2.05, 4.69) is 21.1 Å². The number of nitrogens with zero attached hydrogens (tertiary/aromatic N) is 2. The van der Waals surface area contributed by atoms with E-state index >= 15 is 0 Å². The molecule has 0 fully saturated rings. The van der Waals surface area contributed by atoms with Crippen LogP contribution in [0, 0.1) is 5.82 Å². The molecule has 5 aromatic rings. The van der Waals surface area contributed by atoms with Gasteiger partial charge in [-0.05, 0) is 66.2 Å². The molecule has 0 aliphatic carbocycles. The lowest BCUT2D eigenvalue weighted by atomic mass is 10.1. The molecular weight excluding hydrogens is 689 g/mol. The van der Waals surface area contributed by atoms with Gasteiger partial charge in [-0.25, -0.2) is 4.39 Å². The summed E-state index contributed by atoms with van der Waals surface area (Å²) in [6.07, 6.45) is 1.11. The van der Waals surface area contributed by atoms with E-state index in [1.54, 1.807) is 78.9 Å². The molecule has 254 valence electrons. The number of rotatable bonds is 10. The highest BCUT2D eigenvalue weighted by Gasteiger charge is 2.30. The second-order valence-corrected chi connectivity index (χ2v) is 12.7. The summed E-state index contributed by atoms with van der Waals surface area (Å²) in [5.74, 6) is -2.42. The molecule has 0 aromatic heterocycles. The van der Waals surface area contributed by atoms with Crippen LogP contribution in [0.4, 0.5) is 15.8 Å². The maximum absolute atomic E-state index is 14.7. The molecule has 6 rings (SSSR count). The molecule has 51 heavy (non-hydrogen) atoms. The van der Waals surface area contributed by atoms with Gasteiger partial charge in [-0.3, -0.25) is 19.2 Å². The fourth-order valence-electron chi connectivity index (χ4n) is 5.10. The third-order valence-electron chi connectivity index (χ3n) is 7.55. The van der Waals surface area contributed by atoms with Crippen molar-refractivity contribution in [2.24, 2.45) is 5.10 Å². The molecule has 3 N–H and O–H groups in total. The van der Waals surface area contributed by atoms with Gasteiger partial charge in [0.25, 0.3) is 17.7 Å². The minimum absolute atomic E-state index is 0.0543. The Labute approximate surface area is 302 Å². The molecule has 0 spiro atoms. The van der Waals surface area contributed by atoms with Crippen molar-refractivity contribution in [3.63, 3.8) is 0 Å². The number of benzene rings is 5. The van der Waals surface area contributed by atoms with Crippen LogP contribution >= 0.6 is 23.4 Å². The number of hydrogen-bond donors (Lipinski definition) is 3. The Balaban J connectivity index is 1.23. The first-order valence-electron chi connectivity index (χ1n) is 15.7. The Morgan fingerprint density at radius 2 is 1.49 bits per heavy atom. The third-order valence-corrected chi connectivity index (χ3v) is 9.12. The maximum atomic E-state index is 14.7. The number of hydrogen-bond acceptors (Lipinski definition) is 6. The predicted octanol–water partition coefficient (Wildman–Crippen LogP) is 7.59. The van der Waals surface area contributed by atoms with E-state index in [9.17, 15) is 23.6 Å². The SMILES string of the molecule is O=C(Nc1cccc(SC(C(=O)NC2=NN(c3ccccc3)C(=O)C2)c2ccccc2)c1)/C(=C\c1c(F)cccc1Cl)NC(=O)c1ccccc1. The molecule has 5 aromatic carbocycles. The Bertz CT molecular complexity index is 2130. The summed E-state index contributed by atoms with van der Waals surface area (Å²) in [6.45, 7) is 0. The first-order valence-corrected chi connectivity index (χ1v) is 16.9. The first-order chi connectivity index (χ1) is 24.7. The van der Waals surface area contributed by atoms with Crippen LogP contribution in [0.2, 0.25) is 5.02 Å². The molecule has 4 amide bonds. The summed E-state index contributed by atoms with van der Waals surface area (Å²) < 4.78 is 14.7. The average molecular weight is 718 g/mol. The fourth-order valence-corrected chi connectivity index (χ4v) is 6.40. The van der Waals surface area contributed by atoms with Gasteiger partial charge in [0.1, 0.15) is 22.6 Å². The number of para-hydroxylation sites is 1. The number of nitrogens with one attached hydrogen (secondary N) is 3. The first kappa shape index (κ1) is 34.8. The average Bonchev–Trinajstić information content (AvgIpc) is 3.52. The zero-order valence-electron chi connectivity index (χ0n) is 26.8. The van der Waals surface area contributed by atoms with Crippen LogP contribution in [0.1, 0.15) is 33.2 Å². The van der Waals surface area contributed by atoms with Crippen LogP contribution < -0.4 is 21.0 Å². The van der Waals surface area contributed by atoms with Crippen molar-refractivity contribution in [1.82, 2.24) is 10.6 Å². The van der Waals surface area contributed by atoms with Gasteiger partial charge in [-0.15, -0.1) is 11.8 Å². The van der Waals surface area contributed by atoms with Crippen molar-refractivity contribution in [2.45, 2.75) is 16.6 Å². The number of thioether (sulfide) groups is 1. The topological polar surface area (TPSA) is 120 Å². The Hall–Kier alpha value is -6.04. The smallest absolute Gasteiger partial charge is 0.272 e. The van der Waals surface area contributed by atoms with Gasteiger partial charge in [0, 0.05) is 21.7 Å². The van der Waals surface area contributed by atoms with Gasteiger partial charge < -0.3 is 16.0 Å². The van der Waals surface area contributed by atoms with Crippen LogP contribution in [0.15, 0.2) is 149 Å². The van der Waals surface area contributed by atoms with E-state index in [4.69, 9.17) is 11.6 Å². The van der Waals surface area contributed by atoms with E-state index < -0.39 is 28.8 Å². The van der Waals surface area contributed by atoms with Crippen molar-refractivity contribution in [1.29, 1.82) is 0 Å². The van der Waals surface area contributed by atoms with Crippen LogP contribution in [0.3, 0.4) is 0 Å². The van der Waals surface area contributed by atoms with E-state index in [1.807, 2.05) is 36.4 Å². The van der Waals surface area contributed by atoms with E-state index in [1.165, 1.54) is 41.0 Å². The van der Waals surface area contributed by atoms with Gasteiger partial charge >= 0.3 is 0 Å². The largest absolute Gasteiger partial charge is 0.321 e. The van der Waals surface area contributed by atoms with Crippen LogP contribution in [-0.4, -0.2) is 29.5 Å². The van der Waals surface area contributed by atoms with Crippen molar-refractivity contribution in [3.8, 4) is 0 Å². The lowest BCUT2D eigenvalue weighted by molar-refractivity contribution is -0.119. The lowest BCUT2D eigenvalue weighted by Crippen LogP contribution is -2.33. The van der Waals surface area contributed by atoms with Gasteiger partial charge in [0.15, 0.2) is 0 Å². The van der Waals surface area contributed by atoms with Crippen LogP contribution in [0.25, 0.3) is 6.08 Å². The molecule has 0 saturated heterocycles. The minimum atomic E-state index is -0.760. The molecular formula is C39H29ClFN5O4S. The van der Waals surface area contributed by atoms with Crippen LogP contribution in [-0.2, 0) is 14.4 Å². The maximum Gasteiger partial charge on any atom is 0.272 e. The molecule has 1 unspecified atom stereocenters. The number of halogens is 2. The van der Waals surface area contributed by atoms with Gasteiger partial charge in [0.2, 0.25) is 5.91 Å².